The van der Waals surface area contributed by atoms with Crippen LogP contribution in [0.15, 0.2) is 30.3 Å². The fourth-order valence-corrected chi connectivity index (χ4v) is 3.69. The van der Waals surface area contributed by atoms with Gasteiger partial charge in [-0.25, -0.2) is 0 Å². The molecule has 2 rings (SSSR count). The number of thiophene rings is 1. The molecule has 114 valence electrons. The first kappa shape index (κ1) is 16.2. The highest BCUT2D eigenvalue weighted by Crippen LogP contribution is 2.26. The second-order valence-corrected chi connectivity index (χ2v) is 6.88. The molecule has 0 atom stereocenters. The van der Waals surface area contributed by atoms with Gasteiger partial charge in [-0.2, -0.15) is 0 Å². The van der Waals surface area contributed by atoms with Crippen molar-refractivity contribution in [2.24, 2.45) is 0 Å². The number of carbonyl (C=O) groups is 1. The van der Waals surface area contributed by atoms with Crippen molar-refractivity contribution in [2.45, 2.75) is 64.7 Å². The molecule has 0 fully saturated rings. The van der Waals surface area contributed by atoms with E-state index in [2.05, 4.69) is 19.1 Å². The van der Waals surface area contributed by atoms with Gasteiger partial charge in [0.05, 0.1) is 4.88 Å². The zero-order chi connectivity index (χ0) is 14.9. The molecule has 0 saturated heterocycles. The van der Waals surface area contributed by atoms with E-state index >= 15 is 0 Å². The third-order valence-corrected chi connectivity index (χ3v) is 5.11. The lowest BCUT2D eigenvalue weighted by molar-refractivity contribution is 0.0983. The summed E-state index contributed by atoms with van der Waals surface area (Å²) < 4.78 is 1.22. The number of hydrogen-bond donors (Lipinski definition) is 0. The number of Topliss-reactive ketones (excluding diaryl/α,β-unsaturated/α-hetero) is 1. The summed E-state index contributed by atoms with van der Waals surface area (Å²) in [5.41, 5.74) is 0. The van der Waals surface area contributed by atoms with Crippen molar-refractivity contribution in [2.75, 3.05) is 0 Å². The highest BCUT2D eigenvalue weighted by molar-refractivity contribution is 7.20. The van der Waals surface area contributed by atoms with E-state index in [-0.39, 0.29) is 0 Å². The number of hydrogen-bond acceptors (Lipinski definition) is 2. The first-order chi connectivity index (χ1) is 10.3. The van der Waals surface area contributed by atoms with Crippen LogP contribution in [-0.4, -0.2) is 5.78 Å². The molecule has 1 aromatic heterocycles. The number of ketones is 1. The van der Waals surface area contributed by atoms with Crippen LogP contribution in [0.25, 0.3) is 10.1 Å². The normalized spacial score (nSPS) is 11.1. The molecule has 0 aliphatic rings. The summed E-state index contributed by atoms with van der Waals surface area (Å²) in [5.74, 6) is 0.321. The molecule has 0 saturated carbocycles. The van der Waals surface area contributed by atoms with E-state index in [0.29, 0.717) is 12.2 Å². The summed E-state index contributed by atoms with van der Waals surface area (Å²) in [6, 6.07) is 10.3. The summed E-state index contributed by atoms with van der Waals surface area (Å²) in [7, 11) is 0. The van der Waals surface area contributed by atoms with E-state index in [9.17, 15) is 4.79 Å². The lowest BCUT2D eigenvalue weighted by Gasteiger charge is -2.01. The maximum atomic E-state index is 12.2. The molecule has 0 radical (unpaired) electrons. The predicted octanol–water partition coefficient (Wildman–Crippen LogP) is 6.61. The van der Waals surface area contributed by atoms with Gasteiger partial charge in [0.25, 0.3) is 0 Å². The van der Waals surface area contributed by atoms with Gasteiger partial charge in [-0.05, 0) is 23.9 Å². The van der Waals surface area contributed by atoms with Gasteiger partial charge in [-0.15, -0.1) is 11.3 Å². The molecule has 2 heteroatoms. The van der Waals surface area contributed by atoms with Crippen LogP contribution in [0.1, 0.15) is 74.4 Å². The fourth-order valence-electron chi connectivity index (χ4n) is 2.66. The van der Waals surface area contributed by atoms with Gasteiger partial charge >= 0.3 is 0 Å². The number of rotatable bonds is 10. The Morgan fingerprint density at radius 3 is 2.33 bits per heavy atom. The highest BCUT2D eigenvalue weighted by atomic mass is 32.1. The first-order valence-electron chi connectivity index (χ1n) is 8.33. The van der Waals surface area contributed by atoms with Crippen LogP contribution < -0.4 is 0 Å². The maximum absolute atomic E-state index is 12.2. The van der Waals surface area contributed by atoms with E-state index in [1.165, 1.54) is 55.0 Å². The SMILES string of the molecule is CCCCCCCCCCC(=O)c1cc2ccccc2s1. The van der Waals surface area contributed by atoms with Crippen LogP contribution >= 0.6 is 11.3 Å². The highest BCUT2D eigenvalue weighted by Gasteiger charge is 2.09. The van der Waals surface area contributed by atoms with Crippen molar-refractivity contribution >= 4 is 27.2 Å². The number of carbonyl (C=O) groups excluding carboxylic acids is 1. The summed E-state index contributed by atoms with van der Waals surface area (Å²) >= 11 is 1.63. The Labute approximate surface area is 132 Å². The number of fused-ring (bicyclic) bond motifs is 1. The molecule has 0 amide bonds. The maximum Gasteiger partial charge on any atom is 0.172 e. The van der Waals surface area contributed by atoms with Crippen molar-refractivity contribution in [3.8, 4) is 0 Å². The van der Waals surface area contributed by atoms with E-state index in [1.807, 2.05) is 18.2 Å². The summed E-state index contributed by atoms with van der Waals surface area (Å²) in [5, 5.41) is 1.20. The second kappa shape index (κ2) is 8.99. The van der Waals surface area contributed by atoms with Gasteiger partial charge in [0.15, 0.2) is 5.78 Å². The number of benzene rings is 1. The Kier molecular flexibility index (Phi) is 6.94. The molecule has 1 nitrogen and oxygen atoms in total. The Hall–Kier alpha value is -1.15. The van der Waals surface area contributed by atoms with Gasteiger partial charge in [-0.1, -0.05) is 70.1 Å². The molecular weight excluding hydrogens is 276 g/mol. The van der Waals surface area contributed by atoms with Crippen LogP contribution in [0.5, 0.6) is 0 Å². The van der Waals surface area contributed by atoms with E-state index in [1.54, 1.807) is 11.3 Å². The fraction of sp³-hybridized carbons (Fsp3) is 0.526. The standard InChI is InChI=1S/C19H26OS/c1-2-3-4-5-6-7-8-9-13-17(20)19-15-16-12-10-11-14-18(16)21-19/h10-12,14-15H,2-9,13H2,1H3. The molecule has 0 unspecified atom stereocenters. The quantitative estimate of drug-likeness (QED) is 0.356. The molecule has 0 spiro atoms. The lowest BCUT2D eigenvalue weighted by atomic mass is 10.1. The lowest BCUT2D eigenvalue weighted by Crippen LogP contribution is -1.95. The number of unbranched alkanes of at least 4 members (excludes halogenated alkanes) is 7. The molecule has 2 aromatic rings. The first-order valence-corrected chi connectivity index (χ1v) is 9.14. The Morgan fingerprint density at radius 2 is 1.62 bits per heavy atom. The zero-order valence-electron chi connectivity index (χ0n) is 13.1. The summed E-state index contributed by atoms with van der Waals surface area (Å²) in [4.78, 5) is 13.1. The Morgan fingerprint density at radius 1 is 0.952 bits per heavy atom. The van der Waals surface area contributed by atoms with Gasteiger partial charge in [0.1, 0.15) is 0 Å². The average molecular weight is 302 g/mol. The minimum Gasteiger partial charge on any atom is -0.293 e. The minimum atomic E-state index is 0.321. The zero-order valence-corrected chi connectivity index (χ0v) is 13.9. The average Bonchev–Trinajstić information content (AvgIpc) is 2.94. The van der Waals surface area contributed by atoms with Gasteiger partial charge in [0, 0.05) is 11.1 Å². The van der Waals surface area contributed by atoms with Crippen molar-refractivity contribution in [3.05, 3.63) is 35.2 Å². The van der Waals surface area contributed by atoms with Crippen molar-refractivity contribution in [3.63, 3.8) is 0 Å². The third-order valence-electron chi connectivity index (χ3n) is 3.96. The van der Waals surface area contributed by atoms with Crippen LogP contribution in [0.4, 0.5) is 0 Å². The molecule has 0 aliphatic heterocycles. The topological polar surface area (TPSA) is 17.1 Å². The van der Waals surface area contributed by atoms with Crippen molar-refractivity contribution in [1.82, 2.24) is 0 Å². The Bertz CT molecular complexity index is 522. The van der Waals surface area contributed by atoms with Crippen LogP contribution in [0.3, 0.4) is 0 Å². The van der Waals surface area contributed by atoms with Gasteiger partial charge in [-0.3, -0.25) is 4.79 Å². The largest absolute Gasteiger partial charge is 0.293 e. The second-order valence-electron chi connectivity index (χ2n) is 5.80. The molecule has 1 aromatic carbocycles. The molecule has 0 aliphatic carbocycles. The Balaban J connectivity index is 1.65. The molecule has 0 N–H and O–H groups in total. The summed E-state index contributed by atoms with van der Waals surface area (Å²) in [6.45, 7) is 2.25. The summed E-state index contributed by atoms with van der Waals surface area (Å²) in [6.07, 6.45) is 11.0. The molecule has 1 heterocycles. The van der Waals surface area contributed by atoms with E-state index in [4.69, 9.17) is 0 Å². The monoisotopic (exact) mass is 302 g/mol. The van der Waals surface area contributed by atoms with E-state index < -0.39 is 0 Å². The van der Waals surface area contributed by atoms with Crippen molar-refractivity contribution < 1.29 is 4.79 Å². The molecule has 0 bridgehead atoms. The predicted molar refractivity (Wildman–Crippen MR) is 93.4 cm³/mol. The van der Waals surface area contributed by atoms with E-state index in [0.717, 1.165) is 11.3 Å². The van der Waals surface area contributed by atoms with Crippen LogP contribution in [0, 0.1) is 0 Å². The molecule has 21 heavy (non-hydrogen) atoms. The third kappa shape index (κ3) is 5.28. The molecular formula is C19H26OS. The smallest absolute Gasteiger partial charge is 0.172 e. The van der Waals surface area contributed by atoms with Gasteiger partial charge < -0.3 is 0 Å². The van der Waals surface area contributed by atoms with Crippen LogP contribution in [0.2, 0.25) is 0 Å². The van der Waals surface area contributed by atoms with Crippen molar-refractivity contribution in [1.29, 1.82) is 0 Å². The minimum absolute atomic E-state index is 0.321. The van der Waals surface area contributed by atoms with Crippen LogP contribution in [-0.2, 0) is 0 Å². The van der Waals surface area contributed by atoms with Gasteiger partial charge in [0.2, 0.25) is 0 Å².